The Balaban J connectivity index is 3.13. The van der Waals surface area contributed by atoms with E-state index in [4.69, 9.17) is 14.9 Å². The van der Waals surface area contributed by atoms with Gasteiger partial charge in [0.25, 0.3) is 0 Å². The van der Waals surface area contributed by atoms with Crippen LogP contribution in [0.5, 0.6) is 0 Å². The van der Waals surface area contributed by atoms with Crippen molar-refractivity contribution in [1.29, 1.82) is 0 Å². The molecule has 0 bridgehead atoms. The summed E-state index contributed by atoms with van der Waals surface area (Å²) in [5.41, 5.74) is 0. The van der Waals surface area contributed by atoms with E-state index in [-0.39, 0.29) is 19.8 Å². The van der Waals surface area contributed by atoms with Crippen molar-refractivity contribution in [2.45, 2.75) is 115 Å². The fourth-order valence-electron chi connectivity index (χ4n) is 3.05. The quantitative estimate of drug-likeness (QED) is 0.278. The van der Waals surface area contributed by atoms with Gasteiger partial charge in [0, 0.05) is 0 Å². The van der Waals surface area contributed by atoms with Gasteiger partial charge in [-0.25, -0.2) is 0 Å². The molecule has 4 heteroatoms. The molecule has 3 N–H and O–H groups in total. The second-order valence-corrected chi connectivity index (χ2v) is 7.41. The zero-order valence-corrected chi connectivity index (χ0v) is 16.6. The second kappa shape index (κ2) is 20.2. The maximum absolute atomic E-state index is 9.76. The third kappa shape index (κ3) is 20.0. The van der Waals surface area contributed by atoms with Gasteiger partial charge in [0.05, 0.1) is 25.9 Å². The lowest BCUT2D eigenvalue weighted by molar-refractivity contribution is -0.0262. The minimum absolute atomic E-state index is 0.0896. The Labute approximate surface area is 156 Å². The van der Waals surface area contributed by atoms with Crippen molar-refractivity contribution in [2.75, 3.05) is 19.8 Å². The number of aliphatic hydroxyl groups excluding tert-OH is 3. The molecule has 0 aliphatic heterocycles. The normalized spacial score (nSPS) is 13.9. The van der Waals surface area contributed by atoms with E-state index in [2.05, 4.69) is 6.92 Å². The zero-order chi connectivity index (χ0) is 18.6. The van der Waals surface area contributed by atoms with Crippen LogP contribution >= 0.6 is 0 Å². The van der Waals surface area contributed by atoms with Gasteiger partial charge in [0.15, 0.2) is 0 Å². The number of rotatable bonds is 20. The van der Waals surface area contributed by atoms with Gasteiger partial charge in [-0.3, -0.25) is 0 Å². The molecule has 0 saturated carbocycles. The van der Waals surface area contributed by atoms with Crippen LogP contribution in [0, 0.1) is 0 Å². The molecule has 0 rings (SSSR count). The molecule has 0 heterocycles. The van der Waals surface area contributed by atoms with Gasteiger partial charge in [0.1, 0.15) is 6.10 Å². The number of hydrogen-bond donors (Lipinski definition) is 3. The van der Waals surface area contributed by atoms with Crippen LogP contribution in [0.15, 0.2) is 0 Å². The summed E-state index contributed by atoms with van der Waals surface area (Å²) in [7, 11) is 0. The molecule has 152 valence electrons. The van der Waals surface area contributed by atoms with Gasteiger partial charge in [0.2, 0.25) is 0 Å². The van der Waals surface area contributed by atoms with Crippen LogP contribution in [0.25, 0.3) is 0 Å². The lowest BCUT2D eigenvalue weighted by atomic mass is 10.0. The maximum atomic E-state index is 9.76. The Bertz CT molecular complexity index is 248. The van der Waals surface area contributed by atoms with Crippen LogP contribution in [-0.4, -0.2) is 47.3 Å². The van der Waals surface area contributed by atoms with E-state index in [0.29, 0.717) is 0 Å². The molecule has 2 unspecified atom stereocenters. The van der Waals surface area contributed by atoms with E-state index in [1.54, 1.807) is 0 Å². The number of unbranched alkanes of at least 4 members (excludes halogenated alkanes) is 13. The second-order valence-electron chi connectivity index (χ2n) is 7.41. The fourth-order valence-corrected chi connectivity index (χ4v) is 3.05. The maximum Gasteiger partial charge on any atom is 0.100 e. The summed E-state index contributed by atoms with van der Waals surface area (Å²) >= 11 is 0. The van der Waals surface area contributed by atoms with Crippen molar-refractivity contribution in [1.82, 2.24) is 0 Å². The molecule has 0 aromatic carbocycles. The van der Waals surface area contributed by atoms with E-state index in [1.165, 1.54) is 83.5 Å². The van der Waals surface area contributed by atoms with E-state index in [1.807, 2.05) is 0 Å². The Morgan fingerprint density at radius 3 is 1.44 bits per heavy atom. The van der Waals surface area contributed by atoms with Crippen molar-refractivity contribution in [3.05, 3.63) is 0 Å². The van der Waals surface area contributed by atoms with Crippen LogP contribution < -0.4 is 0 Å². The lowest BCUT2D eigenvalue weighted by Gasteiger charge is -2.13. The summed E-state index contributed by atoms with van der Waals surface area (Å²) < 4.78 is 5.16. The van der Waals surface area contributed by atoms with Crippen LogP contribution in [0.4, 0.5) is 0 Å². The molecule has 0 aromatic rings. The molecule has 0 spiro atoms. The van der Waals surface area contributed by atoms with Crippen molar-refractivity contribution in [2.24, 2.45) is 0 Å². The zero-order valence-electron chi connectivity index (χ0n) is 16.6. The summed E-state index contributed by atoms with van der Waals surface area (Å²) in [6, 6.07) is 0. The average molecular weight is 361 g/mol. The molecule has 4 nitrogen and oxygen atoms in total. The van der Waals surface area contributed by atoms with Gasteiger partial charge in [-0.05, 0) is 6.42 Å². The standard InChI is InChI=1S/C21H44O4/c1-2-3-4-5-6-7-8-9-10-11-12-13-14-15-16-20(23)18-25-19-21(24)17-22/h20-24H,2-19H2,1H3. The van der Waals surface area contributed by atoms with E-state index < -0.39 is 12.2 Å². The first kappa shape index (κ1) is 24.8. The van der Waals surface area contributed by atoms with E-state index >= 15 is 0 Å². The van der Waals surface area contributed by atoms with Crippen LogP contribution in [0.1, 0.15) is 103 Å². The topological polar surface area (TPSA) is 69.9 Å². The molecule has 25 heavy (non-hydrogen) atoms. The molecular weight excluding hydrogens is 316 g/mol. The molecule has 0 amide bonds. The predicted molar refractivity (Wildman–Crippen MR) is 105 cm³/mol. The van der Waals surface area contributed by atoms with Gasteiger partial charge in [-0.15, -0.1) is 0 Å². The van der Waals surface area contributed by atoms with Crippen LogP contribution in [-0.2, 0) is 4.74 Å². The first-order chi connectivity index (χ1) is 12.2. The minimum atomic E-state index is -0.840. The molecule has 0 aromatic heterocycles. The average Bonchev–Trinajstić information content (AvgIpc) is 2.61. The van der Waals surface area contributed by atoms with E-state index in [0.717, 1.165) is 12.8 Å². The highest BCUT2D eigenvalue weighted by Crippen LogP contribution is 2.13. The number of ether oxygens (including phenoxy) is 1. The Morgan fingerprint density at radius 2 is 1.00 bits per heavy atom. The summed E-state index contributed by atoms with van der Waals surface area (Å²) in [6.07, 6.45) is 18.2. The molecule has 0 fully saturated rings. The SMILES string of the molecule is CCCCCCCCCCCCCCCCC(O)COCC(O)CO. The largest absolute Gasteiger partial charge is 0.394 e. The third-order valence-corrected chi connectivity index (χ3v) is 4.72. The highest BCUT2D eigenvalue weighted by Gasteiger charge is 2.06. The molecule has 0 radical (unpaired) electrons. The molecular formula is C21H44O4. The van der Waals surface area contributed by atoms with Crippen molar-refractivity contribution >= 4 is 0 Å². The molecule has 0 aliphatic rings. The number of aliphatic hydroxyl groups is 3. The first-order valence-electron chi connectivity index (χ1n) is 10.8. The number of hydrogen-bond acceptors (Lipinski definition) is 4. The smallest absolute Gasteiger partial charge is 0.100 e. The van der Waals surface area contributed by atoms with Crippen LogP contribution in [0.2, 0.25) is 0 Å². The van der Waals surface area contributed by atoms with Crippen LogP contribution in [0.3, 0.4) is 0 Å². The van der Waals surface area contributed by atoms with Crippen molar-refractivity contribution in [3.63, 3.8) is 0 Å². The van der Waals surface area contributed by atoms with Gasteiger partial charge < -0.3 is 20.1 Å². The fraction of sp³-hybridized carbons (Fsp3) is 1.00. The third-order valence-electron chi connectivity index (χ3n) is 4.72. The van der Waals surface area contributed by atoms with Gasteiger partial charge >= 0.3 is 0 Å². The monoisotopic (exact) mass is 360 g/mol. The summed E-state index contributed by atoms with van der Waals surface area (Å²) in [5.74, 6) is 0. The predicted octanol–water partition coefficient (Wildman–Crippen LogP) is 4.59. The Morgan fingerprint density at radius 1 is 0.600 bits per heavy atom. The van der Waals surface area contributed by atoms with Crippen molar-refractivity contribution < 1.29 is 20.1 Å². The van der Waals surface area contributed by atoms with Gasteiger partial charge in [-0.1, -0.05) is 96.8 Å². The first-order valence-corrected chi connectivity index (χ1v) is 10.8. The highest BCUT2D eigenvalue weighted by atomic mass is 16.5. The van der Waals surface area contributed by atoms with Crippen molar-refractivity contribution in [3.8, 4) is 0 Å². The molecule has 0 aliphatic carbocycles. The molecule has 0 saturated heterocycles. The summed E-state index contributed by atoms with van der Waals surface area (Å²) in [5, 5.41) is 27.5. The van der Waals surface area contributed by atoms with Gasteiger partial charge in [-0.2, -0.15) is 0 Å². The summed E-state index contributed by atoms with van der Waals surface area (Å²) in [6.45, 7) is 2.31. The van der Waals surface area contributed by atoms with E-state index in [9.17, 15) is 5.11 Å². The Kier molecular flexibility index (Phi) is 20.0. The molecule has 2 atom stereocenters. The highest BCUT2D eigenvalue weighted by molar-refractivity contribution is 4.57. The lowest BCUT2D eigenvalue weighted by Crippen LogP contribution is -2.23. The Hall–Kier alpha value is -0.160. The summed E-state index contributed by atoms with van der Waals surface area (Å²) in [4.78, 5) is 0. The minimum Gasteiger partial charge on any atom is -0.394 e.